The van der Waals surface area contributed by atoms with Crippen molar-refractivity contribution >= 4 is 5.97 Å². The monoisotopic (exact) mass is 653 g/mol. The van der Waals surface area contributed by atoms with Crippen molar-refractivity contribution in [2.45, 2.75) is 117 Å². The maximum absolute atomic E-state index is 12.8. The highest BCUT2D eigenvalue weighted by molar-refractivity contribution is 5.91. The lowest BCUT2D eigenvalue weighted by atomic mass is 10.1. The molecule has 0 aliphatic heterocycles. The molecule has 6 nitrogen and oxygen atoms in total. The van der Waals surface area contributed by atoms with Crippen molar-refractivity contribution < 1.29 is 23.5 Å². The van der Waals surface area contributed by atoms with Crippen LogP contribution in [0.4, 0.5) is 0 Å². The van der Waals surface area contributed by atoms with Crippen LogP contribution in [0.15, 0.2) is 83.4 Å². The predicted octanol–water partition coefficient (Wildman–Crippen LogP) is 12.3. The number of benzene rings is 3. The van der Waals surface area contributed by atoms with Gasteiger partial charge in [0.2, 0.25) is 0 Å². The van der Waals surface area contributed by atoms with E-state index in [1.807, 2.05) is 54.6 Å². The first-order valence-corrected chi connectivity index (χ1v) is 18.4. The number of carbonyl (C=O) groups excluding carboxylic acids is 1. The van der Waals surface area contributed by atoms with E-state index in [0.717, 1.165) is 47.8 Å². The van der Waals surface area contributed by atoms with Crippen LogP contribution < -0.4 is 14.2 Å². The molecule has 258 valence electrons. The van der Waals surface area contributed by atoms with Gasteiger partial charge in [0.05, 0.1) is 18.8 Å². The van der Waals surface area contributed by atoms with E-state index in [-0.39, 0.29) is 0 Å². The highest BCUT2D eigenvalue weighted by atomic mass is 16.5. The largest absolute Gasteiger partial charge is 0.494 e. The van der Waals surface area contributed by atoms with Gasteiger partial charge in [0.15, 0.2) is 5.76 Å². The van der Waals surface area contributed by atoms with Crippen LogP contribution in [-0.4, -0.2) is 24.3 Å². The number of ether oxygens (including phenoxy) is 3. The van der Waals surface area contributed by atoms with Crippen LogP contribution >= 0.6 is 0 Å². The minimum Gasteiger partial charge on any atom is -0.494 e. The fourth-order valence-corrected chi connectivity index (χ4v) is 5.66. The number of carbonyl (C=O) groups is 1. The Morgan fingerprint density at radius 3 is 1.50 bits per heavy atom. The van der Waals surface area contributed by atoms with Gasteiger partial charge in [-0.25, -0.2) is 4.79 Å². The summed E-state index contributed by atoms with van der Waals surface area (Å²) in [5.74, 6) is 2.34. The molecule has 0 aliphatic carbocycles. The quantitative estimate of drug-likeness (QED) is 0.0426. The molecule has 1 heterocycles. The summed E-state index contributed by atoms with van der Waals surface area (Å²) >= 11 is 0. The first kappa shape index (κ1) is 36.8. The summed E-state index contributed by atoms with van der Waals surface area (Å²) in [6.07, 6.45) is 20.4. The summed E-state index contributed by atoms with van der Waals surface area (Å²) in [6, 6.07) is 24.2. The molecule has 4 aromatic rings. The third kappa shape index (κ3) is 13.2. The Hall–Kier alpha value is -4.06. The van der Waals surface area contributed by atoms with Gasteiger partial charge >= 0.3 is 5.97 Å². The molecule has 1 aromatic heterocycles. The van der Waals surface area contributed by atoms with Crippen molar-refractivity contribution in [2.75, 3.05) is 13.2 Å². The first-order chi connectivity index (χ1) is 23.7. The molecule has 0 atom stereocenters. The van der Waals surface area contributed by atoms with E-state index in [0.29, 0.717) is 23.7 Å². The van der Waals surface area contributed by atoms with Gasteiger partial charge in [0.25, 0.3) is 0 Å². The van der Waals surface area contributed by atoms with Crippen molar-refractivity contribution in [3.63, 3.8) is 0 Å². The molecular formula is C42H55NO5. The Morgan fingerprint density at radius 1 is 0.542 bits per heavy atom. The van der Waals surface area contributed by atoms with E-state index in [9.17, 15) is 4.79 Å². The third-order valence-corrected chi connectivity index (χ3v) is 8.63. The van der Waals surface area contributed by atoms with Gasteiger partial charge in [0.1, 0.15) is 22.9 Å². The number of unbranched alkanes of at least 4 members (excludes halogenated alkanes) is 14. The fraction of sp³-hybridized carbons (Fsp3) is 0.476. The molecule has 0 bridgehead atoms. The molecule has 0 amide bonds. The molecule has 0 fully saturated rings. The van der Waals surface area contributed by atoms with Gasteiger partial charge in [-0.2, -0.15) is 0 Å². The van der Waals surface area contributed by atoms with Gasteiger partial charge < -0.3 is 18.7 Å². The summed E-state index contributed by atoms with van der Waals surface area (Å²) in [7, 11) is 0. The van der Waals surface area contributed by atoms with Crippen LogP contribution in [0.2, 0.25) is 0 Å². The Morgan fingerprint density at radius 2 is 0.979 bits per heavy atom. The molecular weight excluding hydrogens is 598 g/mol. The SMILES string of the molecule is CCCCCCCCCCOc1ccc(OC(=O)c2ccc(-c3cc(-c4ccc(OCCCCCCCCCC)cc4)no3)cc2)cc1. The van der Waals surface area contributed by atoms with E-state index >= 15 is 0 Å². The van der Waals surface area contributed by atoms with Crippen LogP contribution in [-0.2, 0) is 0 Å². The molecule has 0 N–H and O–H groups in total. The molecule has 0 radical (unpaired) electrons. The normalized spacial score (nSPS) is 11.0. The van der Waals surface area contributed by atoms with Gasteiger partial charge in [-0.15, -0.1) is 0 Å². The maximum Gasteiger partial charge on any atom is 0.343 e. The van der Waals surface area contributed by atoms with Crippen molar-refractivity contribution in [3.8, 4) is 39.8 Å². The minimum absolute atomic E-state index is 0.419. The highest BCUT2D eigenvalue weighted by Gasteiger charge is 2.13. The van der Waals surface area contributed by atoms with E-state index in [4.69, 9.17) is 18.7 Å². The van der Waals surface area contributed by atoms with Crippen molar-refractivity contribution in [1.29, 1.82) is 0 Å². The zero-order chi connectivity index (χ0) is 33.7. The summed E-state index contributed by atoms with van der Waals surface area (Å²) in [4.78, 5) is 12.8. The second-order valence-corrected chi connectivity index (χ2v) is 12.7. The number of hydrogen-bond donors (Lipinski definition) is 0. The number of aromatic nitrogens is 1. The van der Waals surface area contributed by atoms with Crippen molar-refractivity contribution in [2.24, 2.45) is 0 Å². The molecule has 3 aromatic carbocycles. The van der Waals surface area contributed by atoms with E-state index < -0.39 is 5.97 Å². The minimum atomic E-state index is -0.419. The fourth-order valence-electron chi connectivity index (χ4n) is 5.66. The summed E-state index contributed by atoms with van der Waals surface area (Å²) in [5, 5.41) is 4.26. The third-order valence-electron chi connectivity index (χ3n) is 8.63. The predicted molar refractivity (Wildman–Crippen MR) is 195 cm³/mol. The topological polar surface area (TPSA) is 70.8 Å². The lowest BCUT2D eigenvalue weighted by molar-refractivity contribution is 0.0734. The van der Waals surface area contributed by atoms with E-state index in [1.54, 1.807) is 24.3 Å². The molecule has 0 saturated heterocycles. The summed E-state index contributed by atoms with van der Waals surface area (Å²) in [5.41, 5.74) is 2.98. The average Bonchev–Trinajstić information content (AvgIpc) is 3.62. The number of nitrogens with zero attached hydrogens (tertiary/aromatic N) is 1. The van der Waals surface area contributed by atoms with Gasteiger partial charge in [-0.1, -0.05) is 121 Å². The second kappa shape index (κ2) is 21.7. The van der Waals surface area contributed by atoms with Crippen LogP contribution in [0.1, 0.15) is 127 Å². The molecule has 0 unspecified atom stereocenters. The highest BCUT2D eigenvalue weighted by Crippen LogP contribution is 2.28. The Balaban J connectivity index is 1.16. The van der Waals surface area contributed by atoms with Crippen LogP contribution in [0.3, 0.4) is 0 Å². The van der Waals surface area contributed by atoms with Crippen LogP contribution in [0.5, 0.6) is 17.2 Å². The number of rotatable bonds is 24. The van der Waals surface area contributed by atoms with Gasteiger partial charge in [-0.05, 0) is 73.5 Å². The first-order valence-electron chi connectivity index (χ1n) is 18.4. The summed E-state index contributed by atoms with van der Waals surface area (Å²) in [6.45, 7) is 5.95. The standard InChI is InChI=1S/C42H55NO5/c1-3-5-7-9-11-13-15-17-31-45-37-25-23-34(24-26-37)40-33-41(48-43-40)35-19-21-36(22-20-35)42(44)47-39-29-27-38(28-30-39)46-32-18-16-14-12-10-8-6-4-2/h19-30,33H,3-18,31-32H2,1-2H3. The number of hydrogen-bond acceptors (Lipinski definition) is 6. The molecule has 4 rings (SSSR count). The maximum atomic E-state index is 12.8. The molecule has 48 heavy (non-hydrogen) atoms. The second-order valence-electron chi connectivity index (χ2n) is 12.7. The Bertz CT molecular complexity index is 1430. The van der Waals surface area contributed by atoms with Gasteiger partial charge in [0, 0.05) is 17.2 Å². The van der Waals surface area contributed by atoms with E-state index in [2.05, 4.69) is 19.0 Å². The zero-order valence-corrected chi connectivity index (χ0v) is 29.2. The van der Waals surface area contributed by atoms with Crippen molar-refractivity contribution in [1.82, 2.24) is 5.16 Å². The van der Waals surface area contributed by atoms with Crippen molar-refractivity contribution in [3.05, 3.63) is 84.4 Å². The molecule has 0 saturated carbocycles. The Labute approximate surface area is 288 Å². The summed E-state index contributed by atoms with van der Waals surface area (Å²) < 4.78 is 23.0. The zero-order valence-electron chi connectivity index (χ0n) is 29.2. The van der Waals surface area contributed by atoms with Crippen LogP contribution in [0, 0.1) is 0 Å². The number of esters is 1. The van der Waals surface area contributed by atoms with Crippen LogP contribution in [0.25, 0.3) is 22.6 Å². The average molecular weight is 654 g/mol. The smallest absolute Gasteiger partial charge is 0.343 e. The lowest BCUT2D eigenvalue weighted by Crippen LogP contribution is -2.08. The Kier molecular flexibility index (Phi) is 16.7. The van der Waals surface area contributed by atoms with E-state index in [1.165, 1.54) is 89.9 Å². The molecule has 0 aliphatic rings. The lowest BCUT2D eigenvalue weighted by Gasteiger charge is -2.08. The molecule has 0 spiro atoms. The van der Waals surface area contributed by atoms with Gasteiger partial charge in [-0.3, -0.25) is 0 Å². The molecule has 6 heteroatoms.